The predicted molar refractivity (Wildman–Crippen MR) is 104 cm³/mol. The molecular weight excluding hydrogens is 348 g/mol. The van der Waals surface area contributed by atoms with E-state index in [1.54, 1.807) is 18.3 Å². The molecule has 3 rings (SSSR count). The number of amides is 1. The molecule has 138 valence electrons. The van der Waals surface area contributed by atoms with Gasteiger partial charge in [-0.3, -0.25) is 4.79 Å². The minimum atomic E-state index is 0.0547. The zero-order valence-electron chi connectivity index (χ0n) is 15.2. The molecule has 1 aromatic carbocycles. The quantitative estimate of drug-likeness (QED) is 0.695. The second kappa shape index (κ2) is 9.04. The van der Waals surface area contributed by atoms with Crippen molar-refractivity contribution in [1.29, 1.82) is 0 Å². The van der Waals surface area contributed by atoms with E-state index < -0.39 is 0 Å². The normalized spacial score (nSPS) is 15.1. The van der Waals surface area contributed by atoms with Crippen molar-refractivity contribution in [1.82, 2.24) is 9.88 Å². The van der Waals surface area contributed by atoms with Crippen LogP contribution >= 0.6 is 11.6 Å². The first-order valence-electron chi connectivity index (χ1n) is 9.28. The molecule has 0 spiro atoms. The van der Waals surface area contributed by atoms with Crippen LogP contribution in [0.25, 0.3) is 0 Å². The number of benzene rings is 1. The van der Waals surface area contributed by atoms with E-state index in [-0.39, 0.29) is 5.91 Å². The topological polar surface area (TPSA) is 42.4 Å². The third-order valence-electron chi connectivity index (χ3n) is 4.95. The molecular formula is C21H25ClN2O2. The van der Waals surface area contributed by atoms with Gasteiger partial charge in [0.2, 0.25) is 0 Å². The lowest BCUT2D eigenvalue weighted by molar-refractivity contribution is 0.0686. The fourth-order valence-corrected chi connectivity index (χ4v) is 3.51. The number of aromatic nitrogens is 1. The lowest BCUT2D eigenvalue weighted by Crippen LogP contribution is -2.38. The Labute approximate surface area is 160 Å². The molecule has 0 unspecified atom stereocenters. The summed E-state index contributed by atoms with van der Waals surface area (Å²) >= 11 is 5.79. The Bertz CT molecular complexity index is 708. The number of nitrogens with zero attached hydrogens (tertiary/aromatic N) is 2. The van der Waals surface area contributed by atoms with Gasteiger partial charge in [-0.05, 0) is 68.4 Å². The maximum Gasteiger partial charge on any atom is 0.255 e. The largest absolute Gasteiger partial charge is 0.494 e. The molecule has 26 heavy (non-hydrogen) atoms. The molecule has 0 bridgehead atoms. The van der Waals surface area contributed by atoms with E-state index in [1.165, 1.54) is 12.0 Å². The maximum absolute atomic E-state index is 12.5. The highest BCUT2D eigenvalue weighted by Crippen LogP contribution is 2.24. The first-order valence-corrected chi connectivity index (χ1v) is 9.66. The van der Waals surface area contributed by atoms with Gasteiger partial charge < -0.3 is 9.64 Å². The van der Waals surface area contributed by atoms with Crippen LogP contribution in [0, 0.1) is 5.92 Å². The van der Waals surface area contributed by atoms with Crippen molar-refractivity contribution < 1.29 is 9.53 Å². The van der Waals surface area contributed by atoms with Crippen molar-refractivity contribution in [3.63, 3.8) is 0 Å². The van der Waals surface area contributed by atoms with Crippen molar-refractivity contribution in [3.05, 3.63) is 58.9 Å². The molecule has 1 fully saturated rings. The van der Waals surface area contributed by atoms with Gasteiger partial charge in [0.25, 0.3) is 5.91 Å². The summed E-state index contributed by atoms with van der Waals surface area (Å²) in [5, 5.41) is 0.412. The smallest absolute Gasteiger partial charge is 0.255 e. The van der Waals surface area contributed by atoms with Crippen LogP contribution in [0.1, 0.15) is 42.1 Å². The molecule has 5 heteroatoms. The maximum atomic E-state index is 12.5. The zero-order chi connectivity index (χ0) is 18.4. The van der Waals surface area contributed by atoms with Crippen LogP contribution in [-0.4, -0.2) is 35.5 Å². The molecule has 0 atom stereocenters. The van der Waals surface area contributed by atoms with E-state index in [2.05, 4.69) is 17.1 Å². The Hall–Kier alpha value is -2.07. The molecule has 4 nitrogen and oxygen atoms in total. The second-order valence-corrected chi connectivity index (χ2v) is 7.11. The third-order valence-corrected chi connectivity index (χ3v) is 5.18. The molecule has 1 aliphatic rings. The highest BCUT2D eigenvalue weighted by Gasteiger charge is 2.23. The number of halogens is 1. The van der Waals surface area contributed by atoms with Gasteiger partial charge in [0.05, 0.1) is 12.2 Å². The predicted octanol–water partition coefficient (Wildman–Crippen LogP) is 4.62. The van der Waals surface area contributed by atoms with Crippen molar-refractivity contribution >= 4 is 17.5 Å². The lowest BCUT2D eigenvalue weighted by Gasteiger charge is -2.32. The fraction of sp³-hybridized carbons (Fsp3) is 0.429. The first-order chi connectivity index (χ1) is 12.7. The Morgan fingerprint density at radius 1 is 1.19 bits per heavy atom. The van der Waals surface area contributed by atoms with Gasteiger partial charge in [-0.1, -0.05) is 23.7 Å². The van der Waals surface area contributed by atoms with Gasteiger partial charge in [-0.25, -0.2) is 4.98 Å². The van der Waals surface area contributed by atoms with E-state index in [1.807, 2.05) is 24.0 Å². The molecule has 2 aromatic rings. The van der Waals surface area contributed by atoms with Crippen LogP contribution in [0.15, 0.2) is 42.6 Å². The minimum absolute atomic E-state index is 0.0547. The van der Waals surface area contributed by atoms with Crippen molar-refractivity contribution in [2.45, 2.75) is 32.6 Å². The van der Waals surface area contributed by atoms with Crippen molar-refractivity contribution in [2.24, 2.45) is 5.92 Å². The summed E-state index contributed by atoms with van der Waals surface area (Å²) < 4.78 is 5.48. The van der Waals surface area contributed by atoms with E-state index in [9.17, 15) is 4.79 Å². The number of hydrogen-bond acceptors (Lipinski definition) is 3. The highest BCUT2D eigenvalue weighted by atomic mass is 35.5. The summed E-state index contributed by atoms with van der Waals surface area (Å²) in [5.41, 5.74) is 1.96. The van der Waals surface area contributed by atoms with Crippen LogP contribution in [0.3, 0.4) is 0 Å². The van der Waals surface area contributed by atoms with Crippen LogP contribution in [-0.2, 0) is 6.42 Å². The minimum Gasteiger partial charge on any atom is -0.494 e. The average Bonchev–Trinajstić information content (AvgIpc) is 2.68. The first kappa shape index (κ1) is 18.7. The van der Waals surface area contributed by atoms with Crippen molar-refractivity contribution in [2.75, 3.05) is 19.7 Å². The number of pyridine rings is 1. The van der Waals surface area contributed by atoms with Crippen LogP contribution < -0.4 is 4.74 Å². The van der Waals surface area contributed by atoms with Gasteiger partial charge in [0, 0.05) is 19.3 Å². The van der Waals surface area contributed by atoms with Gasteiger partial charge in [-0.2, -0.15) is 0 Å². The number of ether oxygens (including phenoxy) is 1. The van der Waals surface area contributed by atoms with Crippen LogP contribution in [0.2, 0.25) is 5.15 Å². The summed E-state index contributed by atoms with van der Waals surface area (Å²) in [6.45, 7) is 4.32. The molecule has 1 amide bonds. The highest BCUT2D eigenvalue weighted by molar-refractivity contribution is 6.29. The van der Waals surface area contributed by atoms with Crippen LogP contribution in [0.5, 0.6) is 5.75 Å². The Morgan fingerprint density at radius 3 is 2.54 bits per heavy atom. The molecule has 0 aliphatic carbocycles. The third kappa shape index (κ3) is 4.98. The number of rotatable bonds is 6. The number of carbonyl (C=O) groups excluding carboxylic acids is 1. The number of hydrogen-bond donors (Lipinski definition) is 0. The number of carbonyl (C=O) groups is 1. The SMILES string of the molecule is CCOc1ccc(CCC2CCN(C(=O)c3ccc(Cl)nc3)CC2)cc1. The number of aryl methyl sites for hydroxylation is 1. The van der Waals surface area contributed by atoms with Gasteiger partial charge in [-0.15, -0.1) is 0 Å². The van der Waals surface area contributed by atoms with Gasteiger partial charge in [0.15, 0.2) is 0 Å². The Kier molecular flexibility index (Phi) is 6.51. The van der Waals surface area contributed by atoms with E-state index >= 15 is 0 Å². The average molecular weight is 373 g/mol. The molecule has 1 aliphatic heterocycles. The van der Waals surface area contributed by atoms with Crippen LogP contribution in [0.4, 0.5) is 0 Å². The lowest BCUT2D eigenvalue weighted by atomic mass is 9.90. The molecule has 0 N–H and O–H groups in total. The number of likely N-dealkylation sites (tertiary alicyclic amines) is 1. The summed E-state index contributed by atoms with van der Waals surface area (Å²) in [6.07, 6.45) is 5.92. The van der Waals surface area contributed by atoms with E-state index in [4.69, 9.17) is 16.3 Å². The summed E-state index contributed by atoms with van der Waals surface area (Å²) in [6, 6.07) is 11.8. The Morgan fingerprint density at radius 2 is 1.92 bits per heavy atom. The molecule has 0 radical (unpaired) electrons. The molecule has 1 aromatic heterocycles. The molecule has 0 saturated carbocycles. The Balaban J connectivity index is 1.44. The zero-order valence-corrected chi connectivity index (χ0v) is 15.9. The second-order valence-electron chi connectivity index (χ2n) is 6.72. The van der Waals surface area contributed by atoms with E-state index in [0.717, 1.165) is 38.1 Å². The standard InChI is InChI=1S/C21H25ClN2O2/c1-2-26-19-8-5-16(6-9-19)3-4-17-11-13-24(14-12-17)21(25)18-7-10-20(22)23-15-18/h5-10,15,17H,2-4,11-14H2,1H3. The summed E-state index contributed by atoms with van der Waals surface area (Å²) in [7, 11) is 0. The summed E-state index contributed by atoms with van der Waals surface area (Å²) in [4.78, 5) is 18.4. The summed E-state index contributed by atoms with van der Waals surface area (Å²) in [5.74, 6) is 1.66. The van der Waals surface area contributed by atoms with Crippen molar-refractivity contribution in [3.8, 4) is 5.75 Å². The van der Waals surface area contributed by atoms with Gasteiger partial charge >= 0.3 is 0 Å². The molecule has 1 saturated heterocycles. The van der Waals surface area contributed by atoms with Gasteiger partial charge in [0.1, 0.15) is 10.9 Å². The fourth-order valence-electron chi connectivity index (χ4n) is 3.40. The van der Waals surface area contributed by atoms with E-state index in [0.29, 0.717) is 23.2 Å². The molecule has 2 heterocycles. The number of piperidine rings is 1. The monoisotopic (exact) mass is 372 g/mol.